The summed E-state index contributed by atoms with van der Waals surface area (Å²) in [6.07, 6.45) is 0. The Labute approximate surface area is 64.7 Å². The molecule has 0 radical (unpaired) electrons. The number of hydrogen-bond acceptors (Lipinski definition) is 1. The van der Waals surface area contributed by atoms with Crippen LogP contribution >= 0.6 is 0 Å². The maximum Gasteiger partial charge on any atom is 0.0123 e. The Hall–Kier alpha value is -0.300. The van der Waals surface area contributed by atoms with E-state index in [1.807, 2.05) is 0 Å². The average Bonchev–Trinajstić information content (AvgIpc) is 1.84. The summed E-state index contributed by atoms with van der Waals surface area (Å²) in [7, 11) is 4.20. The second-order valence-electron chi connectivity index (χ2n) is 3.34. The molecule has 1 heteroatoms. The van der Waals surface area contributed by atoms with Crippen LogP contribution in [0.5, 0.6) is 0 Å². The van der Waals surface area contributed by atoms with Crippen LogP contribution in [0.15, 0.2) is 12.2 Å². The first-order valence-corrected chi connectivity index (χ1v) is 3.78. The van der Waals surface area contributed by atoms with Gasteiger partial charge in [-0.2, -0.15) is 0 Å². The molecule has 1 nitrogen and oxygen atoms in total. The van der Waals surface area contributed by atoms with E-state index in [0.29, 0.717) is 12.0 Å². The van der Waals surface area contributed by atoms with Crippen LogP contribution in [0.4, 0.5) is 0 Å². The molecule has 0 N–H and O–H groups in total. The zero-order chi connectivity index (χ0) is 8.31. The van der Waals surface area contributed by atoms with E-state index < -0.39 is 0 Å². The molecule has 0 heterocycles. The summed E-state index contributed by atoms with van der Waals surface area (Å²) < 4.78 is 0. The second kappa shape index (κ2) is 3.77. The van der Waals surface area contributed by atoms with Gasteiger partial charge in [-0.3, -0.25) is 0 Å². The van der Waals surface area contributed by atoms with Crippen molar-refractivity contribution in [3.05, 3.63) is 12.2 Å². The van der Waals surface area contributed by atoms with Gasteiger partial charge in [0.05, 0.1) is 0 Å². The van der Waals surface area contributed by atoms with E-state index in [1.54, 1.807) is 0 Å². The van der Waals surface area contributed by atoms with E-state index in [-0.39, 0.29) is 0 Å². The van der Waals surface area contributed by atoms with Crippen LogP contribution in [0.2, 0.25) is 0 Å². The predicted molar refractivity (Wildman–Crippen MR) is 47.1 cm³/mol. The lowest BCUT2D eigenvalue weighted by Gasteiger charge is -2.26. The molecule has 0 amide bonds. The lowest BCUT2D eigenvalue weighted by Crippen LogP contribution is -2.31. The van der Waals surface area contributed by atoms with Gasteiger partial charge in [0.1, 0.15) is 0 Å². The third-order valence-corrected chi connectivity index (χ3v) is 2.32. The Balaban J connectivity index is 3.94. The Morgan fingerprint density at radius 1 is 1.30 bits per heavy atom. The number of rotatable bonds is 3. The van der Waals surface area contributed by atoms with E-state index in [9.17, 15) is 0 Å². The Bertz CT molecular complexity index is 116. The molecule has 0 aliphatic rings. The standard InChI is InChI=1S/C9H19N/c1-7(2)8(3)9(4)10(5)6/h8-9H,1H2,2-6H3. The zero-order valence-electron chi connectivity index (χ0n) is 7.81. The van der Waals surface area contributed by atoms with E-state index >= 15 is 0 Å². The van der Waals surface area contributed by atoms with Crippen LogP contribution in [0.1, 0.15) is 20.8 Å². The molecule has 2 unspecified atom stereocenters. The first-order chi connectivity index (χ1) is 4.46. The highest BCUT2D eigenvalue weighted by Crippen LogP contribution is 2.14. The van der Waals surface area contributed by atoms with Crippen molar-refractivity contribution in [1.29, 1.82) is 0 Å². The number of hydrogen-bond donors (Lipinski definition) is 0. The largest absolute Gasteiger partial charge is 0.306 e. The molecular formula is C9H19N. The molecule has 0 aliphatic heterocycles. The van der Waals surface area contributed by atoms with Gasteiger partial charge in [-0.15, -0.1) is 0 Å². The molecule has 0 saturated heterocycles. The van der Waals surface area contributed by atoms with Crippen molar-refractivity contribution in [3.8, 4) is 0 Å². The van der Waals surface area contributed by atoms with Crippen molar-refractivity contribution in [2.45, 2.75) is 26.8 Å². The normalized spacial score (nSPS) is 17.0. The minimum absolute atomic E-state index is 0.593. The summed E-state index contributed by atoms with van der Waals surface area (Å²) in [5, 5.41) is 0. The fourth-order valence-corrected chi connectivity index (χ4v) is 0.859. The summed E-state index contributed by atoms with van der Waals surface area (Å²) in [4.78, 5) is 2.22. The summed E-state index contributed by atoms with van der Waals surface area (Å²) in [6.45, 7) is 10.5. The van der Waals surface area contributed by atoms with Crippen LogP contribution in [-0.4, -0.2) is 25.0 Å². The zero-order valence-corrected chi connectivity index (χ0v) is 7.81. The molecule has 0 aliphatic carbocycles. The topological polar surface area (TPSA) is 3.24 Å². The van der Waals surface area contributed by atoms with Gasteiger partial charge in [0.25, 0.3) is 0 Å². The molecule has 0 fully saturated rings. The van der Waals surface area contributed by atoms with Crippen LogP contribution in [-0.2, 0) is 0 Å². The van der Waals surface area contributed by atoms with Gasteiger partial charge in [0.15, 0.2) is 0 Å². The first kappa shape index (κ1) is 9.70. The summed E-state index contributed by atoms with van der Waals surface area (Å²) in [5.74, 6) is 0.593. The van der Waals surface area contributed by atoms with Gasteiger partial charge < -0.3 is 4.90 Å². The lowest BCUT2D eigenvalue weighted by molar-refractivity contribution is 0.260. The quantitative estimate of drug-likeness (QED) is 0.544. The van der Waals surface area contributed by atoms with Crippen LogP contribution in [0.3, 0.4) is 0 Å². The number of nitrogens with zero attached hydrogens (tertiary/aromatic N) is 1. The minimum Gasteiger partial charge on any atom is -0.306 e. The summed E-state index contributed by atoms with van der Waals surface area (Å²) >= 11 is 0. The highest BCUT2D eigenvalue weighted by atomic mass is 15.1. The third-order valence-electron chi connectivity index (χ3n) is 2.32. The van der Waals surface area contributed by atoms with Gasteiger partial charge >= 0.3 is 0 Å². The van der Waals surface area contributed by atoms with E-state index in [4.69, 9.17) is 0 Å². The van der Waals surface area contributed by atoms with Gasteiger partial charge in [0.2, 0.25) is 0 Å². The van der Waals surface area contributed by atoms with E-state index in [0.717, 1.165) is 0 Å². The summed E-state index contributed by atoms with van der Waals surface area (Å²) in [6, 6.07) is 0.595. The van der Waals surface area contributed by atoms with E-state index in [2.05, 4.69) is 46.3 Å². The minimum atomic E-state index is 0.593. The monoisotopic (exact) mass is 141 g/mol. The molecule has 10 heavy (non-hydrogen) atoms. The van der Waals surface area contributed by atoms with Crippen molar-refractivity contribution < 1.29 is 0 Å². The maximum atomic E-state index is 3.93. The Morgan fingerprint density at radius 2 is 1.70 bits per heavy atom. The predicted octanol–water partition coefficient (Wildman–Crippen LogP) is 2.15. The SMILES string of the molecule is C=C(C)C(C)C(C)N(C)C. The Morgan fingerprint density at radius 3 is 1.80 bits per heavy atom. The van der Waals surface area contributed by atoms with Crippen LogP contribution in [0, 0.1) is 5.92 Å². The van der Waals surface area contributed by atoms with Crippen molar-refractivity contribution in [2.24, 2.45) is 5.92 Å². The molecule has 60 valence electrons. The lowest BCUT2D eigenvalue weighted by atomic mass is 9.96. The maximum absolute atomic E-state index is 3.93. The molecule has 0 bridgehead atoms. The van der Waals surface area contributed by atoms with Crippen molar-refractivity contribution in [3.63, 3.8) is 0 Å². The molecule has 0 spiro atoms. The van der Waals surface area contributed by atoms with Gasteiger partial charge in [-0.25, -0.2) is 0 Å². The molecule has 0 rings (SSSR count). The average molecular weight is 141 g/mol. The van der Waals surface area contributed by atoms with Crippen molar-refractivity contribution in [2.75, 3.05) is 14.1 Å². The van der Waals surface area contributed by atoms with E-state index in [1.165, 1.54) is 5.57 Å². The molecule has 0 aromatic rings. The molecule has 0 aromatic carbocycles. The Kier molecular flexibility index (Phi) is 3.66. The highest BCUT2D eigenvalue weighted by Gasteiger charge is 2.13. The summed E-state index contributed by atoms with van der Waals surface area (Å²) in [5.41, 5.74) is 1.27. The van der Waals surface area contributed by atoms with Crippen molar-refractivity contribution >= 4 is 0 Å². The molecule has 0 aromatic heterocycles. The van der Waals surface area contributed by atoms with Gasteiger partial charge in [-0.1, -0.05) is 19.1 Å². The van der Waals surface area contributed by atoms with Crippen LogP contribution < -0.4 is 0 Å². The molecule has 0 saturated carbocycles. The van der Waals surface area contributed by atoms with Gasteiger partial charge in [-0.05, 0) is 33.9 Å². The molecular weight excluding hydrogens is 122 g/mol. The third kappa shape index (κ3) is 2.53. The smallest absolute Gasteiger partial charge is 0.0123 e. The first-order valence-electron chi connectivity index (χ1n) is 3.78. The molecule has 2 atom stereocenters. The second-order valence-corrected chi connectivity index (χ2v) is 3.34. The highest BCUT2D eigenvalue weighted by molar-refractivity contribution is 4.97. The fourth-order valence-electron chi connectivity index (χ4n) is 0.859. The van der Waals surface area contributed by atoms with Crippen molar-refractivity contribution in [1.82, 2.24) is 4.90 Å². The van der Waals surface area contributed by atoms with Crippen LogP contribution in [0.25, 0.3) is 0 Å². The fraction of sp³-hybridized carbons (Fsp3) is 0.778. The van der Waals surface area contributed by atoms with Gasteiger partial charge in [0, 0.05) is 6.04 Å².